The molecule has 0 aliphatic heterocycles. The molecular formula is C23H19F3N2O5. The third-order valence-electron chi connectivity index (χ3n) is 4.64. The van der Waals surface area contributed by atoms with Gasteiger partial charge in [0, 0.05) is 16.8 Å². The number of ketones is 1. The van der Waals surface area contributed by atoms with Crippen molar-refractivity contribution < 1.29 is 36.7 Å². The molecule has 0 atom stereocenters. The van der Waals surface area contributed by atoms with Crippen molar-refractivity contribution in [2.45, 2.75) is 19.5 Å². The number of benzene rings is 2. The summed E-state index contributed by atoms with van der Waals surface area (Å²) >= 11 is 0. The fourth-order valence-electron chi connectivity index (χ4n) is 3.07. The van der Waals surface area contributed by atoms with Crippen LogP contribution in [-0.2, 0) is 17.4 Å². The number of rotatable bonds is 7. The highest BCUT2D eigenvalue weighted by Gasteiger charge is 2.34. The fourth-order valence-corrected chi connectivity index (χ4v) is 3.07. The molecule has 2 N–H and O–H groups in total. The van der Waals surface area contributed by atoms with Gasteiger partial charge >= 0.3 is 6.18 Å². The molecule has 0 radical (unpaired) electrons. The molecular weight excluding hydrogens is 441 g/mol. The molecule has 10 heteroatoms. The molecule has 2 aromatic carbocycles. The number of hydrogen-bond acceptors (Lipinski definition) is 5. The maximum atomic E-state index is 13.6. The third kappa shape index (κ3) is 5.79. The summed E-state index contributed by atoms with van der Waals surface area (Å²) in [5, 5.41) is 4.56. The van der Waals surface area contributed by atoms with Gasteiger partial charge in [-0.25, -0.2) is 0 Å². The first-order valence-electron chi connectivity index (χ1n) is 9.62. The van der Waals surface area contributed by atoms with Crippen LogP contribution in [0.3, 0.4) is 0 Å². The lowest BCUT2D eigenvalue weighted by Gasteiger charge is -2.16. The second-order valence-electron chi connectivity index (χ2n) is 7.00. The maximum Gasteiger partial charge on any atom is 0.418 e. The number of hydrogen-bond donors (Lipinski definition) is 2. The number of furan rings is 1. The number of carbonyl (C=O) groups is 3. The van der Waals surface area contributed by atoms with E-state index in [1.165, 1.54) is 56.7 Å². The summed E-state index contributed by atoms with van der Waals surface area (Å²) in [5.41, 5.74) is -1.06. The molecule has 7 nitrogen and oxygen atoms in total. The minimum atomic E-state index is -4.81. The van der Waals surface area contributed by atoms with Crippen molar-refractivity contribution >= 4 is 29.0 Å². The molecule has 0 bridgehead atoms. The standard InChI is InChI=1S/C23H19F3N2O5/c1-13(29)14-5-8-19(32-2)15(10-14)11-21(30)28-18-7-6-16(12-17(18)23(24,25)26)27-22(31)20-4-3-9-33-20/h3-10,12H,11H2,1-2H3,(H,27,31)(H,28,30). The number of ether oxygens (including phenoxy) is 1. The van der Waals surface area contributed by atoms with Crippen molar-refractivity contribution in [3.8, 4) is 5.75 Å². The van der Waals surface area contributed by atoms with Gasteiger partial charge in [-0.1, -0.05) is 0 Å². The van der Waals surface area contributed by atoms with Gasteiger partial charge in [-0.2, -0.15) is 13.2 Å². The van der Waals surface area contributed by atoms with E-state index in [-0.39, 0.29) is 23.7 Å². The quantitative estimate of drug-likeness (QED) is 0.487. The van der Waals surface area contributed by atoms with Crippen LogP contribution in [0.25, 0.3) is 0 Å². The van der Waals surface area contributed by atoms with Gasteiger partial charge in [-0.3, -0.25) is 14.4 Å². The van der Waals surface area contributed by atoms with Crippen LogP contribution in [0.2, 0.25) is 0 Å². The molecule has 172 valence electrons. The lowest BCUT2D eigenvalue weighted by molar-refractivity contribution is -0.136. The molecule has 1 heterocycles. The molecule has 0 aliphatic rings. The Bertz CT molecular complexity index is 1190. The Morgan fingerprint density at radius 3 is 2.39 bits per heavy atom. The summed E-state index contributed by atoms with van der Waals surface area (Å²) in [7, 11) is 1.38. The van der Waals surface area contributed by atoms with Gasteiger partial charge in [0.05, 0.1) is 31.0 Å². The van der Waals surface area contributed by atoms with E-state index in [9.17, 15) is 27.6 Å². The average Bonchev–Trinajstić information content (AvgIpc) is 3.29. The molecule has 0 spiro atoms. The van der Waals surface area contributed by atoms with Crippen LogP contribution in [-0.4, -0.2) is 24.7 Å². The Balaban J connectivity index is 1.82. The molecule has 0 saturated heterocycles. The van der Waals surface area contributed by atoms with Gasteiger partial charge in [0.2, 0.25) is 5.91 Å². The first-order valence-corrected chi connectivity index (χ1v) is 9.62. The highest BCUT2D eigenvalue weighted by atomic mass is 19.4. The summed E-state index contributed by atoms with van der Waals surface area (Å²) in [5.74, 6) is -1.44. The summed E-state index contributed by atoms with van der Waals surface area (Å²) < 4.78 is 51.0. The van der Waals surface area contributed by atoms with Gasteiger partial charge in [-0.05, 0) is 55.5 Å². The topological polar surface area (TPSA) is 97.6 Å². The van der Waals surface area contributed by atoms with Crippen molar-refractivity contribution in [3.63, 3.8) is 0 Å². The Morgan fingerprint density at radius 2 is 1.79 bits per heavy atom. The maximum absolute atomic E-state index is 13.6. The van der Waals surface area contributed by atoms with E-state index in [4.69, 9.17) is 9.15 Å². The molecule has 0 fully saturated rings. The number of Topliss-reactive ketones (excluding diaryl/α,β-unsaturated/α-hetero) is 1. The Hall–Kier alpha value is -4.08. The van der Waals surface area contributed by atoms with E-state index in [0.29, 0.717) is 22.9 Å². The van der Waals surface area contributed by atoms with Gasteiger partial charge < -0.3 is 19.8 Å². The number of nitrogens with one attached hydrogen (secondary N) is 2. The zero-order chi connectivity index (χ0) is 24.2. The van der Waals surface area contributed by atoms with E-state index in [2.05, 4.69) is 10.6 Å². The second kappa shape index (κ2) is 9.60. The van der Waals surface area contributed by atoms with Crippen molar-refractivity contribution in [1.82, 2.24) is 0 Å². The molecule has 1 aromatic heterocycles. The molecule has 0 aliphatic carbocycles. The lowest BCUT2D eigenvalue weighted by atomic mass is 10.0. The van der Waals surface area contributed by atoms with Gasteiger partial charge in [0.1, 0.15) is 5.75 Å². The normalized spacial score (nSPS) is 11.1. The van der Waals surface area contributed by atoms with Crippen molar-refractivity contribution in [2.75, 3.05) is 17.7 Å². The van der Waals surface area contributed by atoms with Crippen LogP contribution in [0, 0.1) is 0 Å². The van der Waals surface area contributed by atoms with Gasteiger partial charge in [0.25, 0.3) is 5.91 Å². The van der Waals surface area contributed by atoms with E-state index in [1.54, 1.807) is 0 Å². The van der Waals surface area contributed by atoms with E-state index in [0.717, 1.165) is 6.07 Å². The average molecular weight is 460 g/mol. The zero-order valence-electron chi connectivity index (χ0n) is 17.6. The minimum Gasteiger partial charge on any atom is -0.496 e. The molecule has 3 rings (SSSR count). The van der Waals surface area contributed by atoms with Crippen LogP contribution in [0.5, 0.6) is 5.75 Å². The summed E-state index contributed by atoms with van der Waals surface area (Å²) in [4.78, 5) is 36.2. The largest absolute Gasteiger partial charge is 0.496 e. The molecule has 3 aromatic rings. The smallest absolute Gasteiger partial charge is 0.418 e. The predicted octanol–water partition coefficient (Wildman–Crippen LogP) is 4.94. The first kappa shape index (κ1) is 23.6. The highest BCUT2D eigenvalue weighted by molar-refractivity contribution is 6.02. The van der Waals surface area contributed by atoms with E-state index >= 15 is 0 Å². The molecule has 33 heavy (non-hydrogen) atoms. The van der Waals surface area contributed by atoms with Crippen LogP contribution in [0.4, 0.5) is 24.5 Å². The van der Waals surface area contributed by atoms with Crippen molar-refractivity contribution in [3.05, 3.63) is 77.2 Å². The zero-order valence-corrected chi connectivity index (χ0v) is 17.6. The predicted molar refractivity (Wildman–Crippen MR) is 113 cm³/mol. The van der Waals surface area contributed by atoms with Gasteiger partial charge in [0.15, 0.2) is 11.5 Å². The summed E-state index contributed by atoms with van der Waals surface area (Å²) in [6, 6.07) is 10.3. The third-order valence-corrected chi connectivity index (χ3v) is 4.64. The van der Waals surface area contributed by atoms with E-state index in [1.807, 2.05) is 0 Å². The number of anilines is 2. The summed E-state index contributed by atoms with van der Waals surface area (Å²) in [6.45, 7) is 1.35. The highest BCUT2D eigenvalue weighted by Crippen LogP contribution is 2.37. The molecule has 2 amide bonds. The Morgan fingerprint density at radius 1 is 1.03 bits per heavy atom. The Kier molecular flexibility index (Phi) is 6.86. The van der Waals surface area contributed by atoms with Crippen LogP contribution < -0.4 is 15.4 Å². The SMILES string of the molecule is COc1ccc(C(C)=O)cc1CC(=O)Nc1ccc(NC(=O)c2ccco2)cc1C(F)(F)F. The Labute approximate surface area is 186 Å². The second-order valence-corrected chi connectivity index (χ2v) is 7.00. The van der Waals surface area contributed by atoms with Crippen LogP contribution >= 0.6 is 0 Å². The first-order chi connectivity index (χ1) is 15.6. The summed E-state index contributed by atoms with van der Waals surface area (Å²) in [6.07, 6.45) is -3.87. The lowest BCUT2D eigenvalue weighted by Crippen LogP contribution is -2.19. The molecule has 0 saturated carbocycles. The molecule has 0 unspecified atom stereocenters. The fraction of sp³-hybridized carbons (Fsp3) is 0.174. The van der Waals surface area contributed by atoms with Crippen molar-refractivity contribution in [1.29, 1.82) is 0 Å². The number of amides is 2. The van der Waals surface area contributed by atoms with E-state index < -0.39 is 29.2 Å². The van der Waals surface area contributed by atoms with Crippen LogP contribution in [0.15, 0.2) is 59.2 Å². The monoisotopic (exact) mass is 460 g/mol. The minimum absolute atomic E-state index is 0.0670. The number of methoxy groups -OCH3 is 1. The number of halogens is 3. The number of alkyl halides is 3. The van der Waals surface area contributed by atoms with Gasteiger partial charge in [-0.15, -0.1) is 0 Å². The van der Waals surface area contributed by atoms with Crippen molar-refractivity contribution in [2.24, 2.45) is 0 Å². The van der Waals surface area contributed by atoms with Crippen LogP contribution in [0.1, 0.15) is 39.0 Å². The number of carbonyl (C=O) groups excluding carboxylic acids is 3.